The summed E-state index contributed by atoms with van der Waals surface area (Å²) in [4.78, 5) is 5.22. The van der Waals surface area contributed by atoms with Gasteiger partial charge in [0.1, 0.15) is 5.82 Å². The van der Waals surface area contributed by atoms with Crippen LogP contribution in [0.25, 0.3) is 0 Å². The first kappa shape index (κ1) is 11.2. The van der Waals surface area contributed by atoms with Crippen LogP contribution in [0.4, 0.5) is 19.0 Å². The Kier molecular flexibility index (Phi) is 2.75. The first-order chi connectivity index (χ1) is 7.48. The Hall–Kier alpha value is -1.30. The lowest BCUT2D eigenvalue weighted by Crippen LogP contribution is -2.25. The van der Waals surface area contributed by atoms with E-state index < -0.39 is 17.8 Å². The highest BCUT2D eigenvalue weighted by Gasteiger charge is 2.36. The predicted molar refractivity (Wildman–Crippen MR) is 52.1 cm³/mol. The molecule has 0 amide bonds. The molecule has 16 heavy (non-hydrogen) atoms. The van der Waals surface area contributed by atoms with Crippen LogP contribution >= 0.6 is 0 Å². The molecule has 1 fully saturated rings. The predicted octanol–water partition coefficient (Wildman–Crippen LogP) is 1.67. The van der Waals surface area contributed by atoms with E-state index in [2.05, 4.69) is 4.98 Å². The first-order valence-electron chi connectivity index (χ1n) is 4.93. The highest BCUT2D eigenvalue weighted by molar-refractivity contribution is 5.49. The Morgan fingerprint density at radius 1 is 1.44 bits per heavy atom. The number of nitrogens with zero attached hydrogens (tertiary/aromatic N) is 2. The zero-order valence-electron chi connectivity index (χ0n) is 8.41. The molecule has 1 aliphatic rings. The number of anilines is 1. The number of hydrogen-bond donors (Lipinski definition) is 1. The molecule has 0 bridgehead atoms. The minimum Gasteiger partial charge on any atom is -0.391 e. The summed E-state index contributed by atoms with van der Waals surface area (Å²) in [6.45, 7) is 0.612. The number of β-amino-alcohol motifs (C(OH)–C–C–N with tert-alkyl or cyclic N) is 1. The van der Waals surface area contributed by atoms with Gasteiger partial charge in [-0.1, -0.05) is 0 Å². The van der Waals surface area contributed by atoms with Gasteiger partial charge in [0.2, 0.25) is 0 Å². The largest absolute Gasteiger partial charge is 0.419 e. The number of aliphatic hydroxyl groups excluding tert-OH is 1. The quantitative estimate of drug-likeness (QED) is 0.800. The highest BCUT2D eigenvalue weighted by Crippen LogP contribution is 2.36. The Morgan fingerprint density at radius 2 is 2.19 bits per heavy atom. The van der Waals surface area contributed by atoms with Crippen LogP contribution < -0.4 is 4.90 Å². The fraction of sp³-hybridized carbons (Fsp3) is 0.500. The third kappa shape index (κ3) is 2.11. The third-order valence-electron chi connectivity index (χ3n) is 2.55. The molecule has 6 heteroatoms. The molecule has 1 aromatic heterocycles. The molecule has 1 aromatic rings. The molecule has 1 atom stereocenters. The van der Waals surface area contributed by atoms with Crippen molar-refractivity contribution >= 4 is 5.82 Å². The van der Waals surface area contributed by atoms with E-state index in [1.807, 2.05) is 0 Å². The second-order valence-corrected chi connectivity index (χ2v) is 3.76. The van der Waals surface area contributed by atoms with E-state index in [0.29, 0.717) is 13.0 Å². The first-order valence-corrected chi connectivity index (χ1v) is 4.93. The normalized spacial score (nSPS) is 21.5. The van der Waals surface area contributed by atoms with Gasteiger partial charge < -0.3 is 10.0 Å². The average Bonchev–Trinajstić information content (AvgIpc) is 2.64. The van der Waals surface area contributed by atoms with Crippen molar-refractivity contribution in [2.24, 2.45) is 0 Å². The molecule has 2 rings (SSSR count). The average molecular weight is 232 g/mol. The van der Waals surface area contributed by atoms with E-state index in [0.717, 1.165) is 6.07 Å². The molecule has 3 nitrogen and oxygen atoms in total. The SMILES string of the molecule is OC1CCN(c2ncccc2C(F)(F)F)C1. The number of halogens is 3. The zero-order chi connectivity index (χ0) is 11.8. The zero-order valence-corrected chi connectivity index (χ0v) is 8.41. The number of alkyl halides is 3. The van der Waals surface area contributed by atoms with E-state index in [9.17, 15) is 18.3 Å². The summed E-state index contributed by atoms with van der Waals surface area (Å²) in [6, 6.07) is 2.27. The summed E-state index contributed by atoms with van der Waals surface area (Å²) in [7, 11) is 0. The summed E-state index contributed by atoms with van der Waals surface area (Å²) in [5.74, 6) is -0.0912. The summed E-state index contributed by atoms with van der Waals surface area (Å²) in [6.07, 6.45) is -3.16. The number of pyridine rings is 1. The van der Waals surface area contributed by atoms with Crippen LogP contribution in [0.1, 0.15) is 12.0 Å². The summed E-state index contributed by atoms with van der Waals surface area (Å²) in [5, 5.41) is 9.30. The Bertz CT molecular complexity index is 381. The molecular formula is C10H11F3N2O. The molecule has 0 spiro atoms. The van der Waals surface area contributed by atoms with Crippen LogP contribution in [0, 0.1) is 0 Å². The fourth-order valence-corrected chi connectivity index (χ4v) is 1.80. The maximum Gasteiger partial charge on any atom is 0.419 e. The monoisotopic (exact) mass is 232 g/mol. The van der Waals surface area contributed by atoms with E-state index in [1.54, 1.807) is 0 Å². The van der Waals surface area contributed by atoms with Gasteiger partial charge in [0.25, 0.3) is 0 Å². The molecule has 0 aromatic carbocycles. The molecule has 1 N–H and O–H groups in total. The van der Waals surface area contributed by atoms with E-state index in [1.165, 1.54) is 17.2 Å². The van der Waals surface area contributed by atoms with Gasteiger partial charge in [0.05, 0.1) is 11.7 Å². The maximum absolute atomic E-state index is 12.7. The molecular weight excluding hydrogens is 221 g/mol. The molecule has 0 aliphatic carbocycles. The van der Waals surface area contributed by atoms with Crippen molar-refractivity contribution in [3.8, 4) is 0 Å². The van der Waals surface area contributed by atoms with E-state index in [-0.39, 0.29) is 12.4 Å². The van der Waals surface area contributed by atoms with Crippen molar-refractivity contribution < 1.29 is 18.3 Å². The van der Waals surface area contributed by atoms with Gasteiger partial charge in [0, 0.05) is 19.3 Å². The van der Waals surface area contributed by atoms with Crippen LogP contribution in [0.3, 0.4) is 0 Å². The maximum atomic E-state index is 12.7. The molecule has 88 valence electrons. The van der Waals surface area contributed by atoms with Crippen molar-refractivity contribution in [3.63, 3.8) is 0 Å². The number of rotatable bonds is 1. The van der Waals surface area contributed by atoms with Crippen LogP contribution in [-0.4, -0.2) is 29.3 Å². The third-order valence-corrected chi connectivity index (χ3v) is 2.55. The van der Waals surface area contributed by atoms with E-state index in [4.69, 9.17) is 0 Å². The van der Waals surface area contributed by atoms with Crippen molar-refractivity contribution in [2.75, 3.05) is 18.0 Å². The van der Waals surface area contributed by atoms with Gasteiger partial charge in [0.15, 0.2) is 0 Å². The lowest BCUT2D eigenvalue weighted by molar-refractivity contribution is -0.137. The van der Waals surface area contributed by atoms with Crippen LogP contribution in [0.5, 0.6) is 0 Å². The molecule has 1 unspecified atom stereocenters. The molecule has 2 heterocycles. The minimum absolute atomic E-state index is 0.0912. The van der Waals surface area contributed by atoms with Gasteiger partial charge in [-0.2, -0.15) is 13.2 Å². The number of aromatic nitrogens is 1. The second-order valence-electron chi connectivity index (χ2n) is 3.76. The Labute approximate surface area is 90.5 Å². The van der Waals surface area contributed by atoms with Crippen LogP contribution in [-0.2, 0) is 6.18 Å². The summed E-state index contributed by atoms with van der Waals surface area (Å²) >= 11 is 0. The Balaban J connectivity index is 2.34. The second kappa shape index (κ2) is 3.93. The van der Waals surface area contributed by atoms with Crippen molar-refractivity contribution in [2.45, 2.75) is 18.7 Å². The van der Waals surface area contributed by atoms with E-state index >= 15 is 0 Å². The molecule has 0 saturated carbocycles. The van der Waals surface area contributed by atoms with Gasteiger partial charge in [-0.3, -0.25) is 0 Å². The number of hydrogen-bond acceptors (Lipinski definition) is 3. The molecule has 0 radical (unpaired) electrons. The molecule has 1 saturated heterocycles. The summed E-state index contributed by atoms with van der Waals surface area (Å²) < 4.78 is 38.0. The highest BCUT2D eigenvalue weighted by atomic mass is 19.4. The van der Waals surface area contributed by atoms with Crippen LogP contribution in [0.2, 0.25) is 0 Å². The standard InChI is InChI=1S/C10H11F3N2O/c11-10(12,13)8-2-1-4-14-9(8)15-5-3-7(16)6-15/h1-2,4,7,16H,3,5-6H2. The lowest BCUT2D eigenvalue weighted by atomic mass is 10.2. The lowest BCUT2D eigenvalue weighted by Gasteiger charge is -2.20. The Morgan fingerprint density at radius 3 is 2.75 bits per heavy atom. The van der Waals surface area contributed by atoms with Crippen LogP contribution in [0.15, 0.2) is 18.3 Å². The van der Waals surface area contributed by atoms with Gasteiger partial charge in [-0.05, 0) is 18.6 Å². The topological polar surface area (TPSA) is 36.4 Å². The molecule has 1 aliphatic heterocycles. The summed E-state index contributed by atoms with van der Waals surface area (Å²) in [5.41, 5.74) is -0.746. The number of aliphatic hydroxyl groups is 1. The minimum atomic E-state index is -4.41. The van der Waals surface area contributed by atoms with Crippen molar-refractivity contribution in [1.82, 2.24) is 4.98 Å². The van der Waals surface area contributed by atoms with Crippen molar-refractivity contribution in [1.29, 1.82) is 0 Å². The van der Waals surface area contributed by atoms with Gasteiger partial charge in [-0.25, -0.2) is 4.98 Å². The fourth-order valence-electron chi connectivity index (χ4n) is 1.80. The van der Waals surface area contributed by atoms with Gasteiger partial charge in [-0.15, -0.1) is 0 Å². The van der Waals surface area contributed by atoms with Crippen molar-refractivity contribution in [3.05, 3.63) is 23.9 Å². The van der Waals surface area contributed by atoms with Gasteiger partial charge >= 0.3 is 6.18 Å². The smallest absolute Gasteiger partial charge is 0.391 e.